The number of likely N-dealkylation sites (N-methyl/N-ethyl adjacent to an activating group) is 1. The van der Waals surface area contributed by atoms with E-state index in [0.717, 1.165) is 6.21 Å². The van der Waals surface area contributed by atoms with Gasteiger partial charge in [0.2, 0.25) is 0 Å². The Bertz CT molecular complexity index is 1050. The molecule has 0 bridgehead atoms. The summed E-state index contributed by atoms with van der Waals surface area (Å²) in [5.41, 5.74) is 1.84. The Hall–Kier alpha value is -2.88. The van der Waals surface area contributed by atoms with E-state index < -0.39 is 17.8 Å². The van der Waals surface area contributed by atoms with Crippen LogP contribution in [0.3, 0.4) is 0 Å². The van der Waals surface area contributed by atoms with Crippen molar-refractivity contribution in [1.82, 2.24) is 14.8 Å². The number of amidine groups is 2. The molecule has 31 heavy (non-hydrogen) atoms. The summed E-state index contributed by atoms with van der Waals surface area (Å²) in [6.07, 6.45) is 3.41. The standard InChI is InChI=1S/C21H23BrF2N6O/c1-6-31-21-27-13(3)18-20(29(21)5)30(11-17-16(24)8-14(22)9-26-17)19(28-18)12(2)7-15(23)10-25-4/h7-10,20H,2,6,11H2,1,3-5H3/b15-7+,25-10?. The van der Waals surface area contributed by atoms with Crippen LogP contribution in [0.25, 0.3) is 0 Å². The topological polar surface area (TPSA) is 65.7 Å². The summed E-state index contributed by atoms with van der Waals surface area (Å²) in [6.45, 7) is 8.17. The van der Waals surface area contributed by atoms with E-state index in [2.05, 4.69) is 42.5 Å². The SMILES string of the molecule is C=C(/C=C(/F)C=NC)C1=NC2=C(C)N=C(OCC)N(C)C2N1Cc1ncc(Br)cc1F. The second kappa shape index (κ2) is 9.51. The van der Waals surface area contributed by atoms with Gasteiger partial charge in [-0.15, -0.1) is 0 Å². The van der Waals surface area contributed by atoms with Gasteiger partial charge in [-0.3, -0.25) is 9.98 Å². The molecule has 2 aliphatic heterocycles. The molecule has 0 aliphatic carbocycles. The van der Waals surface area contributed by atoms with Crippen molar-refractivity contribution in [2.75, 3.05) is 20.7 Å². The van der Waals surface area contributed by atoms with E-state index in [1.807, 2.05) is 20.9 Å². The maximum absolute atomic E-state index is 14.6. The summed E-state index contributed by atoms with van der Waals surface area (Å²) >= 11 is 3.22. The number of fused-ring (bicyclic) bond motifs is 1. The lowest BCUT2D eigenvalue weighted by Crippen LogP contribution is -2.51. The number of aromatic nitrogens is 1. The molecule has 10 heteroatoms. The maximum atomic E-state index is 14.6. The molecular formula is C21H23BrF2N6O. The number of aliphatic imine (C=N–C) groups is 3. The molecule has 0 amide bonds. The van der Waals surface area contributed by atoms with E-state index in [4.69, 9.17) is 4.74 Å². The molecule has 3 rings (SSSR count). The summed E-state index contributed by atoms with van der Waals surface area (Å²) in [6, 6.07) is 1.77. The zero-order valence-electron chi connectivity index (χ0n) is 17.7. The predicted molar refractivity (Wildman–Crippen MR) is 121 cm³/mol. The lowest BCUT2D eigenvalue weighted by molar-refractivity contribution is 0.164. The Kier molecular flexibility index (Phi) is 6.99. The quantitative estimate of drug-likeness (QED) is 0.440. The number of ether oxygens (including phenoxy) is 1. The lowest BCUT2D eigenvalue weighted by Gasteiger charge is -2.37. The average Bonchev–Trinajstić information content (AvgIpc) is 3.08. The zero-order valence-corrected chi connectivity index (χ0v) is 19.3. The first-order valence-corrected chi connectivity index (χ1v) is 10.3. The molecule has 0 N–H and O–H groups in total. The first kappa shape index (κ1) is 22.8. The first-order valence-electron chi connectivity index (χ1n) is 9.55. The molecule has 2 aliphatic rings. The monoisotopic (exact) mass is 492 g/mol. The van der Waals surface area contributed by atoms with Crippen LogP contribution < -0.4 is 0 Å². The summed E-state index contributed by atoms with van der Waals surface area (Å²) in [5.74, 6) is -0.642. The van der Waals surface area contributed by atoms with Gasteiger partial charge in [0, 0.05) is 30.3 Å². The molecular weight excluding hydrogens is 470 g/mol. The van der Waals surface area contributed by atoms with Crippen molar-refractivity contribution in [2.45, 2.75) is 26.6 Å². The summed E-state index contributed by atoms with van der Waals surface area (Å²) in [5, 5.41) is 0. The van der Waals surface area contributed by atoms with Gasteiger partial charge in [0.1, 0.15) is 23.2 Å². The largest absolute Gasteiger partial charge is 0.465 e. The predicted octanol–water partition coefficient (Wildman–Crippen LogP) is 4.20. The minimum Gasteiger partial charge on any atom is -0.465 e. The fourth-order valence-corrected chi connectivity index (χ4v) is 3.64. The second-order valence-electron chi connectivity index (χ2n) is 6.87. The third kappa shape index (κ3) is 4.73. The van der Waals surface area contributed by atoms with E-state index in [1.54, 1.807) is 9.80 Å². The highest BCUT2D eigenvalue weighted by molar-refractivity contribution is 9.10. The summed E-state index contributed by atoms with van der Waals surface area (Å²) in [7, 11) is 3.28. The van der Waals surface area contributed by atoms with Gasteiger partial charge in [0.15, 0.2) is 6.17 Å². The Morgan fingerprint density at radius 2 is 2.16 bits per heavy atom. The highest BCUT2D eigenvalue weighted by Crippen LogP contribution is 2.34. The van der Waals surface area contributed by atoms with Gasteiger partial charge in [-0.2, -0.15) is 0 Å². The third-order valence-corrected chi connectivity index (χ3v) is 5.10. The molecule has 7 nitrogen and oxygen atoms in total. The number of hydrogen-bond acceptors (Lipinski definition) is 7. The number of nitrogens with zero attached hydrogens (tertiary/aromatic N) is 6. The molecule has 1 aromatic rings. The van der Waals surface area contributed by atoms with Crippen molar-refractivity contribution in [3.8, 4) is 0 Å². The van der Waals surface area contributed by atoms with Crippen LogP contribution in [-0.2, 0) is 11.3 Å². The van der Waals surface area contributed by atoms with E-state index in [1.165, 1.54) is 25.4 Å². The molecule has 164 valence electrons. The molecule has 0 radical (unpaired) electrons. The summed E-state index contributed by atoms with van der Waals surface area (Å²) < 4.78 is 34.9. The fourth-order valence-electron chi connectivity index (χ4n) is 3.34. The molecule has 0 saturated carbocycles. The first-order chi connectivity index (χ1) is 14.8. The highest BCUT2D eigenvalue weighted by atomic mass is 79.9. The Balaban J connectivity index is 2.06. The zero-order chi connectivity index (χ0) is 22.7. The number of pyridine rings is 1. The van der Waals surface area contributed by atoms with Crippen molar-refractivity contribution in [3.63, 3.8) is 0 Å². The van der Waals surface area contributed by atoms with Gasteiger partial charge >= 0.3 is 0 Å². The second-order valence-corrected chi connectivity index (χ2v) is 7.79. The van der Waals surface area contributed by atoms with Gasteiger partial charge in [-0.25, -0.2) is 18.8 Å². The highest BCUT2D eigenvalue weighted by Gasteiger charge is 2.41. The van der Waals surface area contributed by atoms with Gasteiger partial charge in [0.25, 0.3) is 6.02 Å². The normalized spacial score (nSPS) is 19.1. The van der Waals surface area contributed by atoms with Gasteiger partial charge in [-0.05, 0) is 41.9 Å². The van der Waals surface area contributed by atoms with Crippen molar-refractivity contribution in [2.24, 2.45) is 15.0 Å². The molecule has 0 saturated heterocycles. The number of hydrogen-bond donors (Lipinski definition) is 0. The maximum Gasteiger partial charge on any atom is 0.294 e. The average molecular weight is 493 g/mol. The Morgan fingerprint density at radius 3 is 2.81 bits per heavy atom. The van der Waals surface area contributed by atoms with Crippen molar-refractivity contribution < 1.29 is 13.5 Å². The fraction of sp³-hybridized carbons (Fsp3) is 0.333. The smallest absolute Gasteiger partial charge is 0.294 e. The molecule has 1 aromatic heterocycles. The van der Waals surface area contributed by atoms with Crippen LogP contribution in [0.4, 0.5) is 8.78 Å². The van der Waals surface area contributed by atoms with Crippen LogP contribution in [0.15, 0.2) is 67.2 Å². The number of rotatable bonds is 6. The van der Waals surface area contributed by atoms with E-state index >= 15 is 0 Å². The lowest BCUT2D eigenvalue weighted by atomic mass is 10.2. The van der Waals surface area contributed by atoms with Crippen LogP contribution in [0.5, 0.6) is 0 Å². The molecule has 0 aromatic carbocycles. The van der Waals surface area contributed by atoms with Crippen molar-refractivity contribution in [3.05, 3.63) is 63.7 Å². The van der Waals surface area contributed by atoms with Crippen LogP contribution in [0.1, 0.15) is 19.5 Å². The van der Waals surface area contributed by atoms with Crippen LogP contribution in [-0.4, -0.2) is 59.7 Å². The van der Waals surface area contributed by atoms with Crippen LogP contribution in [0.2, 0.25) is 0 Å². The van der Waals surface area contributed by atoms with Crippen molar-refractivity contribution in [1.29, 1.82) is 0 Å². The van der Waals surface area contributed by atoms with E-state index in [-0.39, 0.29) is 12.2 Å². The van der Waals surface area contributed by atoms with Gasteiger partial charge in [0.05, 0.1) is 30.8 Å². The van der Waals surface area contributed by atoms with E-state index in [9.17, 15) is 8.78 Å². The molecule has 1 atom stereocenters. The van der Waals surface area contributed by atoms with Gasteiger partial charge in [-0.1, -0.05) is 6.58 Å². The summed E-state index contributed by atoms with van der Waals surface area (Å²) in [4.78, 5) is 20.6. The van der Waals surface area contributed by atoms with Gasteiger partial charge < -0.3 is 14.5 Å². The minimum atomic E-state index is -0.566. The van der Waals surface area contributed by atoms with Crippen LogP contribution in [0, 0.1) is 5.82 Å². The molecule has 1 unspecified atom stereocenters. The Labute approximate surface area is 188 Å². The third-order valence-electron chi connectivity index (χ3n) is 4.67. The molecule has 3 heterocycles. The van der Waals surface area contributed by atoms with E-state index in [0.29, 0.717) is 39.9 Å². The number of allylic oxidation sites excluding steroid dienone is 2. The number of halogens is 3. The van der Waals surface area contributed by atoms with Crippen molar-refractivity contribution >= 4 is 34.0 Å². The van der Waals surface area contributed by atoms with Crippen LogP contribution >= 0.6 is 15.9 Å². The molecule has 0 fully saturated rings. The minimum absolute atomic E-state index is 0.0828. The Morgan fingerprint density at radius 1 is 1.42 bits per heavy atom. The molecule has 0 spiro atoms.